The van der Waals surface area contributed by atoms with Gasteiger partial charge in [-0.3, -0.25) is 0 Å². The molecule has 0 spiro atoms. The van der Waals surface area contributed by atoms with Gasteiger partial charge in [0.1, 0.15) is 0 Å². The highest BCUT2D eigenvalue weighted by molar-refractivity contribution is 7.81. The molecule has 2 nitrogen and oxygen atoms in total. The number of benzene rings is 1. The van der Waals surface area contributed by atoms with Crippen molar-refractivity contribution in [2.24, 2.45) is 0 Å². The van der Waals surface area contributed by atoms with Crippen LogP contribution in [-0.4, -0.2) is 14.8 Å². The zero-order valence-electron chi connectivity index (χ0n) is 7.42. The summed E-state index contributed by atoms with van der Waals surface area (Å²) in [6.45, 7) is 0. The van der Waals surface area contributed by atoms with Crippen LogP contribution in [0.15, 0.2) is 48.8 Å². The molecule has 0 bridgehead atoms. The fourth-order valence-electron chi connectivity index (χ4n) is 1.13. The number of hydrogen-bond donors (Lipinski definition) is 0. The molecule has 2 aromatic rings. The van der Waals surface area contributed by atoms with Crippen LogP contribution in [0.25, 0.3) is 0 Å². The molecular formula is C11H8N2S. The molecule has 68 valence electrons. The summed E-state index contributed by atoms with van der Waals surface area (Å²) in [5, 5.41) is 0. The van der Waals surface area contributed by atoms with Crippen molar-refractivity contribution in [3.8, 4) is 0 Å². The number of thiocarbonyl (C=S) groups is 1. The lowest BCUT2D eigenvalue weighted by atomic mass is 10.1. The highest BCUT2D eigenvalue weighted by atomic mass is 32.1. The molecule has 0 saturated carbocycles. The zero-order valence-corrected chi connectivity index (χ0v) is 8.24. The topological polar surface area (TPSA) is 25.8 Å². The minimum absolute atomic E-state index is 0.605. The van der Waals surface area contributed by atoms with E-state index in [1.807, 2.05) is 30.3 Å². The van der Waals surface area contributed by atoms with E-state index in [2.05, 4.69) is 9.97 Å². The lowest BCUT2D eigenvalue weighted by Gasteiger charge is -2.00. The quantitative estimate of drug-likeness (QED) is 0.549. The smallest absolute Gasteiger partial charge is 0.170 e. The predicted molar refractivity (Wildman–Crippen MR) is 59.3 cm³/mol. The number of nitrogens with zero attached hydrogens (tertiary/aromatic N) is 2. The normalized spacial score (nSPS) is 9.71. The molecule has 0 aliphatic rings. The van der Waals surface area contributed by atoms with Gasteiger partial charge in [0, 0.05) is 12.4 Å². The van der Waals surface area contributed by atoms with Gasteiger partial charge in [0.2, 0.25) is 0 Å². The first-order valence-corrected chi connectivity index (χ1v) is 4.65. The van der Waals surface area contributed by atoms with E-state index in [1.54, 1.807) is 18.5 Å². The minimum Gasteiger partial charge on any atom is -0.236 e. The Hall–Kier alpha value is -1.61. The van der Waals surface area contributed by atoms with E-state index in [9.17, 15) is 0 Å². The maximum absolute atomic E-state index is 5.26. The molecule has 1 aromatic carbocycles. The van der Waals surface area contributed by atoms with Crippen molar-refractivity contribution >= 4 is 17.1 Å². The molecule has 0 aliphatic heterocycles. The van der Waals surface area contributed by atoms with Gasteiger partial charge in [-0.15, -0.1) is 0 Å². The second kappa shape index (κ2) is 4.07. The van der Waals surface area contributed by atoms with Crippen LogP contribution in [0, 0.1) is 0 Å². The molecule has 0 unspecified atom stereocenters. The SMILES string of the molecule is S=C(c1ccccc1)c1ncccn1. The van der Waals surface area contributed by atoms with E-state index in [0.717, 1.165) is 5.56 Å². The third kappa shape index (κ3) is 1.83. The van der Waals surface area contributed by atoms with Crippen LogP contribution in [0.3, 0.4) is 0 Å². The summed E-state index contributed by atoms with van der Waals surface area (Å²) in [5.41, 5.74) is 0.980. The first-order chi connectivity index (χ1) is 6.88. The van der Waals surface area contributed by atoms with E-state index < -0.39 is 0 Å². The van der Waals surface area contributed by atoms with Crippen LogP contribution in [0.4, 0.5) is 0 Å². The Morgan fingerprint density at radius 3 is 2.21 bits per heavy atom. The van der Waals surface area contributed by atoms with Gasteiger partial charge < -0.3 is 0 Å². The van der Waals surface area contributed by atoms with Crippen LogP contribution in [0.2, 0.25) is 0 Å². The summed E-state index contributed by atoms with van der Waals surface area (Å²) in [7, 11) is 0. The van der Waals surface area contributed by atoms with Crippen LogP contribution in [0.1, 0.15) is 11.4 Å². The van der Waals surface area contributed by atoms with Gasteiger partial charge in [-0.25, -0.2) is 9.97 Å². The molecule has 2 rings (SSSR count). The Balaban J connectivity index is 2.35. The summed E-state index contributed by atoms with van der Waals surface area (Å²) >= 11 is 5.26. The Labute approximate surface area is 87.7 Å². The second-order valence-corrected chi connectivity index (χ2v) is 3.18. The van der Waals surface area contributed by atoms with Crippen molar-refractivity contribution in [3.63, 3.8) is 0 Å². The van der Waals surface area contributed by atoms with Gasteiger partial charge in [-0.2, -0.15) is 0 Å². The lowest BCUT2D eigenvalue weighted by molar-refractivity contribution is 1.14. The fourth-order valence-corrected chi connectivity index (χ4v) is 1.38. The average molecular weight is 200 g/mol. The number of hydrogen-bond acceptors (Lipinski definition) is 3. The van der Waals surface area contributed by atoms with E-state index >= 15 is 0 Å². The lowest BCUT2D eigenvalue weighted by Crippen LogP contribution is -2.04. The van der Waals surface area contributed by atoms with Crippen LogP contribution < -0.4 is 0 Å². The highest BCUT2D eigenvalue weighted by Crippen LogP contribution is 2.05. The van der Waals surface area contributed by atoms with Crippen LogP contribution in [-0.2, 0) is 0 Å². The van der Waals surface area contributed by atoms with Crippen molar-refractivity contribution in [1.29, 1.82) is 0 Å². The van der Waals surface area contributed by atoms with Gasteiger partial charge in [0.05, 0.1) is 4.86 Å². The van der Waals surface area contributed by atoms with Crippen molar-refractivity contribution < 1.29 is 0 Å². The van der Waals surface area contributed by atoms with E-state index in [1.165, 1.54) is 0 Å². The maximum Gasteiger partial charge on any atom is 0.170 e. The Morgan fingerprint density at radius 1 is 0.929 bits per heavy atom. The largest absolute Gasteiger partial charge is 0.236 e. The molecule has 1 aromatic heterocycles. The van der Waals surface area contributed by atoms with Crippen molar-refractivity contribution in [1.82, 2.24) is 9.97 Å². The Kier molecular flexibility index (Phi) is 2.60. The Bertz CT molecular complexity index is 384. The fraction of sp³-hybridized carbons (Fsp3) is 0. The molecule has 3 heteroatoms. The van der Waals surface area contributed by atoms with Crippen LogP contribution >= 0.6 is 12.2 Å². The average Bonchev–Trinajstić information content (AvgIpc) is 2.30. The molecule has 0 N–H and O–H groups in total. The van der Waals surface area contributed by atoms with Gasteiger partial charge in [-0.1, -0.05) is 42.5 Å². The van der Waals surface area contributed by atoms with Crippen molar-refractivity contribution in [2.75, 3.05) is 0 Å². The number of rotatable bonds is 2. The summed E-state index contributed by atoms with van der Waals surface area (Å²) < 4.78 is 0. The number of aromatic nitrogens is 2. The van der Waals surface area contributed by atoms with Crippen molar-refractivity contribution in [2.45, 2.75) is 0 Å². The molecule has 1 heterocycles. The first-order valence-electron chi connectivity index (χ1n) is 4.25. The van der Waals surface area contributed by atoms with E-state index in [4.69, 9.17) is 12.2 Å². The van der Waals surface area contributed by atoms with Crippen LogP contribution in [0.5, 0.6) is 0 Å². The van der Waals surface area contributed by atoms with Gasteiger partial charge in [-0.05, 0) is 11.6 Å². The summed E-state index contributed by atoms with van der Waals surface area (Å²) in [5.74, 6) is 0.605. The molecule has 0 atom stereocenters. The monoisotopic (exact) mass is 200 g/mol. The first kappa shape index (κ1) is 8.97. The van der Waals surface area contributed by atoms with Crippen molar-refractivity contribution in [3.05, 3.63) is 60.2 Å². The van der Waals surface area contributed by atoms with E-state index in [0.29, 0.717) is 10.7 Å². The van der Waals surface area contributed by atoms with Gasteiger partial charge in [0.15, 0.2) is 5.82 Å². The van der Waals surface area contributed by atoms with Gasteiger partial charge in [0.25, 0.3) is 0 Å². The van der Waals surface area contributed by atoms with E-state index in [-0.39, 0.29) is 0 Å². The molecule has 0 aliphatic carbocycles. The molecule has 14 heavy (non-hydrogen) atoms. The third-order valence-corrected chi connectivity index (χ3v) is 2.22. The maximum atomic E-state index is 5.26. The molecule has 0 fully saturated rings. The highest BCUT2D eigenvalue weighted by Gasteiger charge is 2.04. The molecule has 0 saturated heterocycles. The minimum atomic E-state index is 0.605. The molecular weight excluding hydrogens is 192 g/mol. The zero-order chi connectivity index (χ0) is 9.80. The summed E-state index contributed by atoms with van der Waals surface area (Å²) in [6, 6.07) is 11.5. The van der Waals surface area contributed by atoms with Gasteiger partial charge >= 0.3 is 0 Å². The second-order valence-electron chi connectivity index (χ2n) is 2.77. The predicted octanol–water partition coefficient (Wildman–Crippen LogP) is 2.24. The summed E-state index contributed by atoms with van der Waals surface area (Å²) in [6.07, 6.45) is 3.38. The summed E-state index contributed by atoms with van der Waals surface area (Å²) in [4.78, 5) is 8.89. The molecule has 0 radical (unpaired) electrons. The third-order valence-electron chi connectivity index (χ3n) is 1.80. The Morgan fingerprint density at radius 2 is 1.57 bits per heavy atom. The standard InChI is InChI=1S/C11H8N2S/c14-10(9-5-2-1-3-6-9)11-12-7-4-8-13-11/h1-8H. The molecule has 0 amide bonds.